The third-order valence-electron chi connectivity index (χ3n) is 12.7. The van der Waals surface area contributed by atoms with Gasteiger partial charge in [0.05, 0.1) is 143 Å². The van der Waals surface area contributed by atoms with E-state index in [2.05, 4.69) is 54.5 Å². The minimum Gasteiger partial charge on any atom is -0.744 e. The van der Waals surface area contributed by atoms with Crippen molar-refractivity contribution in [3.8, 4) is 11.3 Å². The van der Waals surface area contributed by atoms with E-state index in [1.54, 1.807) is 20.3 Å². The number of ether oxygens (including phenoxy) is 12. The van der Waals surface area contributed by atoms with Crippen molar-refractivity contribution in [1.29, 1.82) is 0 Å². The van der Waals surface area contributed by atoms with Gasteiger partial charge in [-0.1, -0.05) is 47.1 Å². The number of benzene rings is 2. The van der Waals surface area contributed by atoms with Crippen molar-refractivity contribution in [3.05, 3.63) is 82.6 Å². The van der Waals surface area contributed by atoms with Crippen LogP contribution < -0.4 is 14.8 Å². The Bertz CT molecular complexity index is 2360. The van der Waals surface area contributed by atoms with Crippen LogP contribution in [0.15, 0.2) is 69.6 Å². The molecule has 0 fully saturated rings. The van der Waals surface area contributed by atoms with E-state index in [9.17, 15) is 22.9 Å². The maximum absolute atomic E-state index is 12.1. The first-order valence-corrected chi connectivity index (χ1v) is 28.9. The standard InChI is InChI=1S/C58H90N2O18S/c1-57(2,3)51-45-48(12-11-13-55-58(4,5)52-46-49(79(63,64)65)16-18-53(52)60(55)19-10-8-9-14-56(61)62)78-54-44-47(15-17-50(51)54)59(20-22-68-28-30-72-36-38-76-42-40-74-34-32-70-26-24-66-6)21-23-69-29-31-73-37-39-77-43-41-75-35-33-71-27-25-67-7/h11-13,15-18,44-46H,8-10,14,19-43H2,1-7H3,(H-,61,62,63,64,65). The van der Waals surface area contributed by atoms with Gasteiger partial charge in [-0.15, -0.1) is 0 Å². The number of rotatable bonds is 45. The second-order valence-electron chi connectivity index (χ2n) is 20.1. The minimum absolute atomic E-state index is 0.0893. The molecule has 446 valence electrons. The predicted octanol–water partition coefficient (Wildman–Crippen LogP) is 6.16. The summed E-state index contributed by atoms with van der Waals surface area (Å²) in [5.74, 6) is 0.505. The summed E-state index contributed by atoms with van der Waals surface area (Å²) < 4.78 is 112. The molecular formula is C58H90N2O18S. The summed E-state index contributed by atoms with van der Waals surface area (Å²) >= 11 is 0. The number of fused-ring (bicyclic) bond motifs is 2. The molecule has 0 spiro atoms. The van der Waals surface area contributed by atoms with Gasteiger partial charge in [-0.2, -0.15) is 0 Å². The zero-order chi connectivity index (χ0) is 57.2. The van der Waals surface area contributed by atoms with E-state index in [-0.39, 0.29) is 16.7 Å². The van der Waals surface area contributed by atoms with E-state index < -0.39 is 21.5 Å². The zero-order valence-electron chi connectivity index (χ0n) is 48.0. The van der Waals surface area contributed by atoms with E-state index >= 15 is 0 Å². The zero-order valence-corrected chi connectivity index (χ0v) is 48.8. The number of nitrogens with zero attached hydrogens (tertiary/aromatic N) is 2. The van der Waals surface area contributed by atoms with Crippen LogP contribution in [0.3, 0.4) is 0 Å². The molecule has 0 unspecified atom stereocenters. The van der Waals surface area contributed by atoms with Gasteiger partial charge in [0.25, 0.3) is 0 Å². The Labute approximate surface area is 468 Å². The monoisotopic (exact) mass is 1130 g/mol. The number of unbranched alkanes of at least 4 members (excludes halogenated alkanes) is 2. The third-order valence-corrected chi connectivity index (χ3v) is 13.6. The molecule has 1 aliphatic carbocycles. The molecule has 21 heteroatoms. The molecule has 0 atom stereocenters. The number of methoxy groups -OCH3 is 2. The lowest BCUT2D eigenvalue weighted by molar-refractivity contribution is -0.137. The van der Waals surface area contributed by atoms with Crippen LogP contribution in [0.2, 0.25) is 0 Å². The number of aliphatic carboxylic acids is 1. The summed E-state index contributed by atoms with van der Waals surface area (Å²) in [4.78, 5) is 13.0. The van der Waals surface area contributed by atoms with Crippen molar-refractivity contribution in [2.45, 2.75) is 76.0 Å². The van der Waals surface area contributed by atoms with Crippen LogP contribution >= 0.6 is 0 Å². The Morgan fingerprint density at radius 1 is 0.646 bits per heavy atom. The number of allylic oxidation sites excluding steroid dienone is 3. The fourth-order valence-corrected chi connectivity index (χ4v) is 9.07. The van der Waals surface area contributed by atoms with Crippen molar-refractivity contribution in [3.63, 3.8) is 0 Å². The fourth-order valence-electron chi connectivity index (χ4n) is 8.57. The largest absolute Gasteiger partial charge is 0.744 e. The highest BCUT2D eigenvalue weighted by molar-refractivity contribution is 7.85. The van der Waals surface area contributed by atoms with Crippen molar-refractivity contribution in [2.24, 2.45) is 0 Å². The van der Waals surface area contributed by atoms with Gasteiger partial charge in [-0.05, 0) is 71.9 Å². The highest BCUT2D eigenvalue weighted by Crippen LogP contribution is 2.48. The minimum atomic E-state index is -4.69. The van der Waals surface area contributed by atoms with E-state index in [1.807, 2.05) is 32.1 Å². The Morgan fingerprint density at radius 3 is 1.56 bits per heavy atom. The number of carboxylic acid groups (broad SMARTS) is 1. The van der Waals surface area contributed by atoms with Crippen LogP contribution in [0.5, 0.6) is 0 Å². The molecule has 1 aromatic rings. The van der Waals surface area contributed by atoms with E-state index in [1.165, 1.54) is 12.1 Å². The fraction of sp³-hybridized carbons (Fsp3) is 0.655. The molecule has 20 nitrogen and oxygen atoms in total. The topological polar surface area (TPSA) is 225 Å². The summed E-state index contributed by atoms with van der Waals surface area (Å²) in [7, 11) is -1.41. The van der Waals surface area contributed by atoms with Crippen LogP contribution in [0.1, 0.15) is 77.2 Å². The van der Waals surface area contributed by atoms with Gasteiger partial charge in [0.15, 0.2) is 13.1 Å². The summed E-state index contributed by atoms with van der Waals surface area (Å²) in [5.41, 5.74) is 3.62. The van der Waals surface area contributed by atoms with Gasteiger partial charge in [-0.3, -0.25) is 4.79 Å². The highest BCUT2D eigenvalue weighted by atomic mass is 32.2. The molecule has 0 radical (unpaired) electrons. The SMILES string of the molecule is COCCOCCOCCOCCOCCOCC[N+](CCOCCOCCOCCOCCOCCOC)=c1ccc2c(C(C)(C)C)cc(/C=C/C=C3/N(CCCCCC(=O)O)c4ccc(S(=O)(=O)[O-])cc4C3(C)C)oc-2c1. The molecule has 2 aliphatic heterocycles. The highest BCUT2D eigenvalue weighted by Gasteiger charge is 2.40. The van der Waals surface area contributed by atoms with Crippen molar-refractivity contribution >= 4 is 27.9 Å². The molecule has 0 amide bonds. The molecule has 1 aromatic carbocycles. The Morgan fingerprint density at radius 2 is 1.11 bits per heavy atom. The normalized spacial score (nSPS) is 14.1. The van der Waals surface area contributed by atoms with Crippen LogP contribution in [0.4, 0.5) is 5.69 Å². The predicted molar refractivity (Wildman–Crippen MR) is 299 cm³/mol. The average Bonchev–Trinajstić information content (AvgIpc) is 3.91. The summed E-state index contributed by atoms with van der Waals surface area (Å²) in [6.07, 6.45) is 7.90. The number of hydrogen-bond donors (Lipinski definition) is 1. The first kappa shape index (κ1) is 67.3. The molecule has 0 saturated heterocycles. The van der Waals surface area contributed by atoms with E-state index in [4.69, 9.17) is 61.3 Å². The number of carboxylic acids is 1. The molecular weight excluding hydrogens is 1040 g/mol. The van der Waals surface area contributed by atoms with E-state index in [0.717, 1.165) is 33.4 Å². The Kier molecular flexibility index (Phi) is 32.2. The lowest BCUT2D eigenvalue weighted by Crippen LogP contribution is -2.36. The van der Waals surface area contributed by atoms with Crippen LogP contribution in [-0.4, -0.2) is 203 Å². The maximum Gasteiger partial charge on any atom is 0.303 e. The van der Waals surface area contributed by atoms with Crippen LogP contribution in [0.25, 0.3) is 17.4 Å². The molecule has 0 aromatic heterocycles. The molecule has 3 aliphatic rings. The van der Waals surface area contributed by atoms with Gasteiger partial charge < -0.3 is 75.8 Å². The Balaban J connectivity index is 1.45. The molecule has 0 saturated carbocycles. The summed E-state index contributed by atoms with van der Waals surface area (Å²) in [5, 5.41) is 10.1. The smallest absolute Gasteiger partial charge is 0.303 e. The van der Waals surface area contributed by atoms with Gasteiger partial charge in [0.2, 0.25) is 5.36 Å². The average molecular weight is 1140 g/mol. The van der Waals surface area contributed by atoms with Gasteiger partial charge >= 0.3 is 5.97 Å². The lowest BCUT2D eigenvalue weighted by atomic mass is 9.82. The van der Waals surface area contributed by atoms with E-state index in [0.29, 0.717) is 196 Å². The first-order valence-electron chi connectivity index (χ1n) is 27.5. The summed E-state index contributed by atoms with van der Waals surface area (Å²) in [6, 6.07) is 12.8. The van der Waals surface area contributed by atoms with Crippen molar-refractivity contribution in [1.82, 2.24) is 4.58 Å². The maximum atomic E-state index is 12.1. The second kappa shape index (κ2) is 37.8. The summed E-state index contributed by atoms with van der Waals surface area (Å²) in [6.45, 7) is 22.7. The Hall–Kier alpha value is -4.17. The van der Waals surface area contributed by atoms with Crippen molar-refractivity contribution < 1.29 is 84.1 Å². The van der Waals surface area contributed by atoms with Crippen LogP contribution in [-0.2, 0) is 82.6 Å². The van der Waals surface area contributed by atoms with Crippen LogP contribution in [0, 0.1) is 0 Å². The molecule has 1 N–H and O–H groups in total. The first-order chi connectivity index (χ1) is 38.1. The molecule has 79 heavy (non-hydrogen) atoms. The third kappa shape index (κ3) is 25.7. The van der Waals surface area contributed by atoms with Crippen molar-refractivity contribution in [2.75, 3.05) is 184 Å². The van der Waals surface area contributed by atoms with Gasteiger partial charge in [0.1, 0.15) is 34.9 Å². The molecule has 2 heterocycles. The quantitative estimate of drug-likeness (QED) is 0.0380. The lowest BCUT2D eigenvalue weighted by Gasteiger charge is -2.27. The molecule has 4 rings (SSSR count). The van der Waals surface area contributed by atoms with Gasteiger partial charge in [0, 0.05) is 55.6 Å². The number of hydrogen-bond acceptors (Lipinski definition) is 18. The van der Waals surface area contributed by atoms with Gasteiger partial charge in [-0.25, -0.2) is 13.0 Å². The number of anilines is 1. The number of carbonyl (C=O) groups is 1. The molecule has 0 bridgehead atoms. The second-order valence-corrected chi connectivity index (χ2v) is 21.5.